The van der Waals surface area contributed by atoms with Crippen LogP contribution in [0.2, 0.25) is 0 Å². The molecule has 0 aliphatic heterocycles. The van der Waals surface area contributed by atoms with Crippen LogP contribution in [0.25, 0.3) is 0 Å². The average molecular weight is 172 g/mol. The highest BCUT2D eigenvalue weighted by Crippen LogP contribution is 2.37. The van der Waals surface area contributed by atoms with Crippen molar-refractivity contribution in [2.75, 3.05) is 0 Å². The Bertz CT molecular complexity index is 173. The van der Waals surface area contributed by atoms with Gasteiger partial charge >= 0.3 is 5.97 Å². The molecule has 0 aromatic carbocycles. The fraction of sp³-hybridized carbons (Fsp3) is 0.889. The first kappa shape index (κ1) is 9.52. The van der Waals surface area contributed by atoms with Gasteiger partial charge in [-0.1, -0.05) is 13.8 Å². The molecule has 0 bridgehead atoms. The van der Waals surface area contributed by atoms with E-state index in [9.17, 15) is 9.90 Å². The minimum absolute atomic E-state index is 0.0121. The lowest BCUT2D eigenvalue weighted by atomic mass is 9.88. The number of aliphatic hydroxyl groups is 1. The van der Waals surface area contributed by atoms with Gasteiger partial charge in [0, 0.05) is 0 Å². The van der Waals surface area contributed by atoms with Crippen molar-refractivity contribution in [3.8, 4) is 0 Å². The Morgan fingerprint density at radius 2 is 1.92 bits per heavy atom. The van der Waals surface area contributed by atoms with E-state index >= 15 is 0 Å². The van der Waals surface area contributed by atoms with Crippen molar-refractivity contribution in [2.24, 2.45) is 17.8 Å². The molecule has 2 N–H and O–H groups in total. The highest BCUT2D eigenvalue weighted by atomic mass is 16.4. The first-order valence-electron chi connectivity index (χ1n) is 4.45. The van der Waals surface area contributed by atoms with Crippen LogP contribution in [0.5, 0.6) is 0 Å². The molecule has 1 aliphatic rings. The van der Waals surface area contributed by atoms with Crippen molar-refractivity contribution in [2.45, 2.75) is 32.8 Å². The third kappa shape index (κ3) is 1.97. The molecule has 0 amide bonds. The molecular weight excluding hydrogens is 156 g/mol. The molecule has 2 unspecified atom stereocenters. The maximum absolute atomic E-state index is 10.8. The summed E-state index contributed by atoms with van der Waals surface area (Å²) in [7, 11) is 0. The van der Waals surface area contributed by atoms with E-state index in [0.29, 0.717) is 0 Å². The summed E-state index contributed by atoms with van der Waals surface area (Å²) in [4.78, 5) is 10.8. The molecule has 0 radical (unpaired) electrons. The van der Waals surface area contributed by atoms with Crippen LogP contribution in [0.15, 0.2) is 0 Å². The number of hydrogen-bond donors (Lipinski definition) is 2. The summed E-state index contributed by atoms with van der Waals surface area (Å²) in [5, 5.41) is 18.4. The molecule has 2 atom stereocenters. The number of rotatable bonds is 4. The Morgan fingerprint density at radius 3 is 2.17 bits per heavy atom. The summed E-state index contributed by atoms with van der Waals surface area (Å²) in [5.41, 5.74) is 0. The molecule has 1 fully saturated rings. The van der Waals surface area contributed by atoms with E-state index in [4.69, 9.17) is 5.11 Å². The topological polar surface area (TPSA) is 57.5 Å². The van der Waals surface area contributed by atoms with Crippen molar-refractivity contribution in [3.63, 3.8) is 0 Å². The van der Waals surface area contributed by atoms with E-state index < -0.39 is 18.0 Å². The van der Waals surface area contributed by atoms with E-state index in [2.05, 4.69) is 0 Å². The smallest absolute Gasteiger partial charge is 0.309 e. The van der Waals surface area contributed by atoms with Crippen LogP contribution in [0.1, 0.15) is 26.7 Å². The number of carboxylic acid groups (broad SMARTS) is 1. The second kappa shape index (κ2) is 3.44. The molecular formula is C9H16O3. The molecule has 3 nitrogen and oxygen atoms in total. The van der Waals surface area contributed by atoms with E-state index in [0.717, 1.165) is 12.8 Å². The van der Waals surface area contributed by atoms with Crippen molar-refractivity contribution in [1.29, 1.82) is 0 Å². The summed E-state index contributed by atoms with van der Waals surface area (Å²) in [6.45, 7) is 3.68. The van der Waals surface area contributed by atoms with E-state index in [1.54, 1.807) is 0 Å². The SMILES string of the molecule is CC(C)C(C(=O)O)C(O)C1CC1. The zero-order valence-corrected chi connectivity index (χ0v) is 7.53. The molecule has 1 aliphatic carbocycles. The molecule has 0 aromatic heterocycles. The number of carboxylic acids is 1. The van der Waals surface area contributed by atoms with E-state index in [1.165, 1.54) is 0 Å². The molecule has 0 saturated heterocycles. The van der Waals surface area contributed by atoms with Crippen molar-refractivity contribution < 1.29 is 15.0 Å². The Kier molecular flexibility index (Phi) is 2.73. The van der Waals surface area contributed by atoms with Gasteiger partial charge in [-0.2, -0.15) is 0 Å². The van der Waals surface area contributed by atoms with Crippen molar-refractivity contribution >= 4 is 5.97 Å². The average Bonchev–Trinajstić information content (AvgIpc) is 2.64. The van der Waals surface area contributed by atoms with Gasteiger partial charge in [-0.25, -0.2) is 0 Å². The highest BCUT2D eigenvalue weighted by Gasteiger charge is 2.39. The Hall–Kier alpha value is -0.570. The van der Waals surface area contributed by atoms with Crippen LogP contribution in [-0.4, -0.2) is 22.3 Å². The second-order valence-corrected chi connectivity index (χ2v) is 3.94. The van der Waals surface area contributed by atoms with Crippen LogP contribution in [0.3, 0.4) is 0 Å². The van der Waals surface area contributed by atoms with Gasteiger partial charge in [0.15, 0.2) is 0 Å². The fourth-order valence-electron chi connectivity index (χ4n) is 1.56. The standard InChI is InChI=1S/C9H16O3/c1-5(2)7(9(11)12)8(10)6-3-4-6/h5-8,10H,3-4H2,1-2H3,(H,11,12). The number of hydrogen-bond acceptors (Lipinski definition) is 2. The minimum atomic E-state index is -0.871. The first-order chi connectivity index (χ1) is 5.54. The lowest BCUT2D eigenvalue weighted by molar-refractivity contribution is -0.148. The summed E-state index contributed by atoms with van der Waals surface area (Å²) in [6.07, 6.45) is 1.33. The van der Waals surface area contributed by atoms with Crippen LogP contribution < -0.4 is 0 Å². The summed E-state index contributed by atoms with van der Waals surface area (Å²) in [5.74, 6) is -1.20. The molecule has 0 aromatic rings. The summed E-state index contributed by atoms with van der Waals surface area (Å²) in [6, 6.07) is 0. The molecule has 0 heterocycles. The molecule has 12 heavy (non-hydrogen) atoms. The molecule has 3 heteroatoms. The first-order valence-corrected chi connectivity index (χ1v) is 4.45. The Morgan fingerprint density at radius 1 is 1.42 bits per heavy atom. The van der Waals surface area contributed by atoms with Crippen LogP contribution in [0.4, 0.5) is 0 Å². The summed E-state index contributed by atoms with van der Waals surface area (Å²) >= 11 is 0. The maximum Gasteiger partial charge on any atom is 0.309 e. The molecule has 1 rings (SSSR count). The normalized spacial score (nSPS) is 22.3. The summed E-state index contributed by atoms with van der Waals surface area (Å²) < 4.78 is 0. The van der Waals surface area contributed by atoms with Crippen LogP contribution in [-0.2, 0) is 4.79 Å². The third-order valence-corrected chi connectivity index (χ3v) is 2.48. The van der Waals surface area contributed by atoms with Crippen molar-refractivity contribution in [1.82, 2.24) is 0 Å². The van der Waals surface area contributed by atoms with Gasteiger partial charge in [0.1, 0.15) is 0 Å². The Labute approximate surface area is 72.4 Å². The lowest BCUT2D eigenvalue weighted by Gasteiger charge is -2.21. The van der Waals surface area contributed by atoms with E-state index in [1.807, 2.05) is 13.8 Å². The zero-order chi connectivity index (χ0) is 9.30. The largest absolute Gasteiger partial charge is 0.481 e. The monoisotopic (exact) mass is 172 g/mol. The highest BCUT2D eigenvalue weighted by molar-refractivity contribution is 5.71. The quantitative estimate of drug-likeness (QED) is 0.668. The number of carbonyl (C=O) groups is 1. The molecule has 0 spiro atoms. The molecule has 1 saturated carbocycles. The number of aliphatic carboxylic acids is 1. The van der Waals surface area contributed by atoms with Gasteiger partial charge in [-0.05, 0) is 24.7 Å². The minimum Gasteiger partial charge on any atom is -0.481 e. The third-order valence-electron chi connectivity index (χ3n) is 2.48. The Balaban J connectivity index is 2.57. The van der Waals surface area contributed by atoms with Gasteiger partial charge < -0.3 is 10.2 Å². The predicted octanol–water partition coefficient (Wildman–Crippen LogP) is 1.11. The predicted molar refractivity (Wildman–Crippen MR) is 44.7 cm³/mol. The van der Waals surface area contributed by atoms with E-state index in [-0.39, 0.29) is 11.8 Å². The van der Waals surface area contributed by atoms with Gasteiger partial charge in [0.25, 0.3) is 0 Å². The van der Waals surface area contributed by atoms with Gasteiger partial charge in [0.2, 0.25) is 0 Å². The van der Waals surface area contributed by atoms with Crippen LogP contribution in [0, 0.1) is 17.8 Å². The fourth-order valence-corrected chi connectivity index (χ4v) is 1.56. The van der Waals surface area contributed by atoms with Gasteiger partial charge in [0.05, 0.1) is 12.0 Å². The zero-order valence-electron chi connectivity index (χ0n) is 7.53. The number of aliphatic hydroxyl groups excluding tert-OH is 1. The van der Waals surface area contributed by atoms with Gasteiger partial charge in [-0.15, -0.1) is 0 Å². The second-order valence-electron chi connectivity index (χ2n) is 3.94. The van der Waals surface area contributed by atoms with Crippen molar-refractivity contribution in [3.05, 3.63) is 0 Å². The lowest BCUT2D eigenvalue weighted by Crippen LogP contribution is -2.33. The van der Waals surface area contributed by atoms with Crippen LogP contribution >= 0.6 is 0 Å². The maximum atomic E-state index is 10.8. The molecule has 70 valence electrons. The van der Waals surface area contributed by atoms with Gasteiger partial charge in [-0.3, -0.25) is 4.79 Å².